The first-order valence-corrected chi connectivity index (χ1v) is 10.6. The van der Waals surface area contributed by atoms with E-state index in [9.17, 15) is 14.3 Å². The molecule has 0 amide bonds. The van der Waals surface area contributed by atoms with Crippen LogP contribution in [0.1, 0.15) is 21.5 Å². The Morgan fingerprint density at radius 3 is 2.73 bits per heavy atom. The Morgan fingerprint density at radius 2 is 1.97 bits per heavy atom. The standard InChI is InChI=1S/C24H25FN4O4/c1-15-2-4-17(19(25)12-15)23(31)16-3-5-21(30)18(13-16)20-14-22(28-24(26)27-20)33-11-8-29-6-9-32-10-7-29/h2-5,12-14,30H,6-11H2,1H3,(H2,26,27,28). The minimum atomic E-state index is -0.600. The lowest BCUT2D eigenvalue weighted by Gasteiger charge is -2.26. The summed E-state index contributed by atoms with van der Waals surface area (Å²) < 4.78 is 25.4. The first-order chi connectivity index (χ1) is 15.9. The van der Waals surface area contributed by atoms with Crippen molar-refractivity contribution in [3.63, 3.8) is 0 Å². The lowest BCUT2D eigenvalue weighted by molar-refractivity contribution is 0.0320. The van der Waals surface area contributed by atoms with Gasteiger partial charge in [0.1, 0.15) is 18.2 Å². The average molecular weight is 452 g/mol. The topological polar surface area (TPSA) is 111 Å². The van der Waals surface area contributed by atoms with Crippen LogP contribution in [0.25, 0.3) is 11.3 Å². The van der Waals surface area contributed by atoms with Crippen LogP contribution < -0.4 is 10.5 Å². The lowest BCUT2D eigenvalue weighted by Crippen LogP contribution is -2.38. The molecule has 0 atom stereocenters. The maximum absolute atomic E-state index is 14.3. The Bertz CT molecular complexity index is 1170. The maximum atomic E-state index is 14.3. The van der Waals surface area contributed by atoms with E-state index < -0.39 is 11.6 Å². The molecule has 0 radical (unpaired) electrons. The minimum absolute atomic E-state index is 0.0328. The number of aromatic nitrogens is 2. The molecule has 3 N–H and O–H groups in total. The maximum Gasteiger partial charge on any atom is 0.223 e. The number of phenolic OH excluding ortho intramolecular Hbond substituents is 1. The Kier molecular flexibility index (Phi) is 6.81. The van der Waals surface area contributed by atoms with Gasteiger partial charge in [-0.05, 0) is 42.8 Å². The van der Waals surface area contributed by atoms with Crippen molar-refractivity contribution in [3.05, 3.63) is 65.0 Å². The predicted molar refractivity (Wildman–Crippen MR) is 121 cm³/mol. The number of ether oxygens (including phenoxy) is 2. The molecular weight excluding hydrogens is 427 g/mol. The molecule has 172 valence electrons. The molecule has 8 nitrogen and oxygen atoms in total. The van der Waals surface area contributed by atoms with Crippen LogP contribution in [-0.2, 0) is 4.74 Å². The van der Waals surface area contributed by atoms with Crippen molar-refractivity contribution in [1.29, 1.82) is 0 Å². The summed E-state index contributed by atoms with van der Waals surface area (Å²) in [6.07, 6.45) is 0. The Balaban J connectivity index is 1.56. The molecule has 3 aromatic rings. The highest BCUT2D eigenvalue weighted by Crippen LogP contribution is 2.31. The third-order valence-electron chi connectivity index (χ3n) is 5.39. The number of carbonyl (C=O) groups is 1. The Labute approximate surface area is 190 Å². The van der Waals surface area contributed by atoms with Crippen molar-refractivity contribution in [2.24, 2.45) is 0 Å². The van der Waals surface area contributed by atoms with E-state index in [4.69, 9.17) is 15.2 Å². The number of carbonyl (C=O) groups excluding carboxylic acids is 1. The van der Waals surface area contributed by atoms with E-state index in [2.05, 4.69) is 14.9 Å². The molecule has 0 bridgehead atoms. The van der Waals surface area contributed by atoms with Gasteiger partial charge in [-0.3, -0.25) is 9.69 Å². The highest BCUT2D eigenvalue weighted by atomic mass is 19.1. The quantitative estimate of drug-likeness (QED) is 0.527. The van der Waals surface area contributed by atoms with Gasteiger partial charge in [-0.2, -0.15) is 4.98 Å². The number of benzene rings is 2. The second-order valence-electron chi connectivity index (χ2n) is 7.80. The third kappa shape index (κ3) is 5.44. The highest BCUT2D eigenvalue weighted by molar-refractivity contribution is 6.10. The molecule has 2 heterocycles. The van der Waals surface area contributed by atoms with Gasteiger partial charge in [-0.15, -0.1) is 0 Å². The van der Waals surface area contributed by atoms with E-state index in [1.807, 2.05) is 0 Å². The summed E-state index contributed by atoms with van der Waals surface area (Å²) in [4.78, 5) is 23.4. The van der Waals surface area contributed by atoms with Crippen molar-refractivity contribution in [2.75, 3.05) is 45.2 Å². The predicted octanol–water partition coefficient (Wildman–Crippen LogP) is 2.82. The summed E-state index contributed by atoms with van der Waals surface area (Å²) in [6.45, 7) is 5.94. The summed E-state index contributed by atoms with van der Waals surface area (Å²) in [5.41, 5.74) is 7.29. The summed E-state index contributed by atoms with van der Waals surface area (Å²) in [7, 11) is 0. The van der Waals surface area contributed by atoms with Gasteiger partial charge in [0.05, 0.1) is 24.5 Å². The average Bonchev–Trinajstić information content (AvgIpc) is 2.79. The molecule has 9 heteroatoms. The smallest absolute Gasteiger partial charge is 0.223 e. The molecule has 0 spiro atoms. The fraction of sp³-hybridized carbons (Fsp3) is 0.292. The number of rotatable bonds is 7. The van der Waals surface area contributed by atoms with Gasteiger partial charge in [0.15, 0.2) is 5.78 Å². The number of phenols is 1. The highest BCUT2D eigenvalue weighted by Gasteiger charge is 2.18. The van der Waals surface area contributed by atoms with Gasteiger partial charge < -0.3 is 20.3 Å². The van der Waals surface area contributed by atoms with Crippen molar-refractivity contribution in [2.45, 2.75) is 6.92 Å². The normalized spacial score (nSPS) is 14.2. The van der Waals surface area contributed by atoms with Crippen LogP contribution in [0, 0.1) is 12.7 Å². The number of nitrogens with zero attached hydrogens (tertiary/aromatic N) is 3. The van der Waals surface area contributed by atoms with Crippen LogP contribution in [0.3, 0.4) is 0 Å². The number of hydrogen-bond donors (Lipinski definition) is 2. The zero-order valence-electron chi connectivity index (χ0n) is 18.3. The molecule has 33 heavy (non-hydrogen) atoms. The number of aryl methyl sites for hydroxylation is 1. The van der Waals surface area contributed by atoms with Crippen LogP contribution in [0.4, 0.5) is 10.3 Å². The first kappa shape index (κ1) is 22.6. The second kappa shape index (κ2) is 9.93. The molecule has 4 rings (SSSR count). The lowest BCUT2D eigenvalue weighted by atomic mass is 9.98. The number of hydrogen-bond acceptors (Lipinski definition) is 8. The van der Waals surface area contributed by atoms with Gasteiger partial charge >= 0.3 is 0 Å². The number of nitrogens with two attached hydrogens (primary N) is 1. The number of halogens is 1. The van der Waals surface area contributed by atoms with Crippen molar-refractivity contribution in [3.8, 4) is 22.9 Å². The third-order valence-corrected chi connectivity index (χ3v) is 5.39. The largest absolute Gasteiger partial charge is 0.507 e. The molecule has 0 aliphatic carbocycles. The zero-order valence-corrected chi connectivity index (χ0v) is 18.3. The van der Waals surface area contributed by atoms with Gasteiger partial charge in [0, 0.05) is 36.8 Å². The SMILES string of the molecule is Cc1ccc(C(=O)c2ccc(O)c(-c3cc(OCCN4CCOCC4)nc(N)n3)c2)c(F)c1. The van der Waals surface area contributed by atoms with Gasteiger partial charge in [0.25, 0.3) is 0 Å². The monoisotopic (exact) mass is 452 g/mol. The Morgan fingerprint density at radius 1 is 1.18 bits per heavy atom. The van der Waals surface area contributed by atoms with Gasteiger partial charge in [-0.1, -0.05) is 6.07 Å². The second-order valence-corrected chi connectivity index (χ2v) is 7.80. The molecule has 1 aliphatic heterocycles. The summed E-state index contributed by atoms with van der Waals surface area (Å²) in [5, 5.41) is 10.4. The van der Waals surface area contributed by atoms with Gasteiger partial charge in [0.2, 0.25) is 11.8 Å². The zero-order chi connectivity index (χ0) is 23.4. The Hall–Kier alpha value is -3.56. The van der Waals surface area contributed by atoms with E-state index in [0.717, 1.165) is 13.1 Å². The van der Waals surface area contributed by atoms with Crippen LogP contribution in [0.15, 0.2) is 42.5 Å². The van der Waals surface area contributed by atoms with Crippen molar-refractivity contribution >= 4 is 11.7 Å². The van der Waals surface area contributed by atoms with E-state index >= 15 is 0 Å². The van der Waals surface area contributed by atoms with Crippen LogP contribution in [-0.4, -0.2) is 65.2 Å². The molecule has 0 unspecified atom stereocenters. The minimum Gasteiger partial charge on any atom is -0.507 e. The van der Waals surface area contributed by atoms with Crippen molar-refractivity contribution in [1.82, 2.24) is 14.9 Å². The van der Waals surface area contributed by atoms with E-state index in [1.54, 1.807) is 19.1 Å². The number of aromatic hydroxyl groups is 1. The van der Waals surface area contributed by atoms with Crippen LogP contribution >= 0.6 is 0 Å². The van der Waals surface area contributed by atoms with Gasteiger partial charge in [-0.25, -0.2) is 9.37 Å². The fourth-order valence-corrected chi connectivity index (χ4v) is 3.60. The number of morpholine rings is 1. The van der Waals surface area contributed by atoms with E-state index in [0.29, 0.717) is 37.6 Å². The summed E-state index contributed by atoms with van der Waals surface area (Å²) in [5.74, 6) is -0.982. The molecule has 2 aromatic carbocycles. The van der Waals surface area contributed by atoms with Crippen LogP contribution in [0.5, 0.6) is 11.6 Å². The fourth-order valence-electron chi connectivity index (χ4n) is 3.60. The molecule has 1 fully saturated rings. The molecule has 1 aromatic heterocycles. The number of nitrogen functional groups attached to an aromatic ring is 1. The number of ketones is 1. The van der Waals surface area contributed by atoms with Crippen LogP contribution in [0.2, 0.25) is 0 Å². The molecule has 1 saturated heterocycles. The molecular formula is C24H25FN4O4. The van der Waals surface area contributed by atoms with E-state index in [-0.39, 0.29) is 34.3 Å². The van der Waals surface area contributed by atoms with E-state index in [1.165, 1.54) is 30.3 Å². The van der Waals surface area contributed by atoms with Crippen molar-refractivity contribution < 1.29 is 23.8 Å². The number of anilines is 1. The summed E-state index contributed by atoms with van der Waals surface area (Å²) >= 11 is 0. The molecule has 0 saturated carbocycles. The molecule has 1 aliphatic rings. The summed E-state index contributed by atoms with van der Waals surface area (Å²) in [6, 6.07) is 10.2. The first-order valence-electron chi connectivity index (χ1n) is 10.6.